The van der Waals surface area contributed by atoms with Crippen molar-refractivity contribution in [2.45, 2.75) is 9.79 Å². The maximum atomic E-state index is 13.2. The van der Waals surface area contributed by atoms with E-state index in [0.29, 0.717) is 11.4 Å². The number of nitrogens with one attached hydrogen (secondary N) is 1. The molecule has 0 aliphatic rings. The van der Waals surface area contributed by atoms with Crippen LogP contribution in [0, 0.1) is 11.6 Å². The summed E-state index contributed by atoms with van der Waals surface area (Å²) >= 11 is 0. The van der Waals surface area contributed by atoms with Crippen LogP contribution in [0.25, 0.3) is 11.1 Å². The fourth-order valence-corrected chi connectivity index (χ4v) is 4.48. The van der Waals surface area contributed by atoms with Gasteiger partial charge >= 0.3 is 0 Å². The Bertz CT molecular complexity index is 1420. The van der Waals surface area contributed by atoms with Gasteiger partial charge in [0.1, 0.15) is 11.6 Å². The zero-order chi connectivity index (χ0) is 23.6. The average molecular weight is 464 g/mol. The molecule has 0 unspecified atom stereocenters. The molecular formula is C25H18F2N2O3S. The monoisotopic (exact) mass is 464 g/mol. The molecule has 8 heteroatoms. The van der Waals surface area contributed by atoms with Gasteiger partial charge in [-0.2, -0.15) is 0 Å². The van der Waals surface area contributed by atoms with Crippen molar-refractivity contribution >= 4 is 27.1 Å². The van der Waals surface area contributed by atoms with Gasteiger partial charge in [-0.05, 0) is 83.9 Å². The van der Waals surface area contributed by atoms with Crippen molar-refractivity contribution in [3.8, 4) is 11.1 Å². The van der Waals surface area contributed by atoms with Crippen LogP contribution in [0.4, 0.5) is 20.2 Å². The first kappa shape index (κ1) is 22.2. The SMILES string of the molecule is Nc1ccc(-c2ccc(F)cc2)cc1NC(=O)c1ccc(S(=O)(=O)c2ccc(F)cc2)cc1. The fourth-order valence-electron chi connectivity index (χ4n) is 3.22. The summed E-state index contributed by atoms with van der Waals surface area (Å²) in [6.45, 7) is 0. The maximum absolute atomic E-state index is 13.2. The van der Waals surface area contributed by atoms with E-state index in [1.165, 1.54) is 48.5 Å². The van der Waals surface area contributed by atoms with Crippen molar-refractivity contribution in [1.82, 2.24) is 0 Å². The molecule has 3 N–H and O–H groups in total. The molecule has 4 rings (SSSR count). The highest BCUT2D eigenvalue weighted by atomic mass is 32.2. The molecule has 0 fully saturated rings. The first-order valence-electron chi connectivity index (χ1n) is 9.81. The Morgan fingerprint density at radius 1 is 0.697 bits per heavy atom. The van der Waals surface area contributed by atoms with E-state index in [0.717, 1.165) is 23.3 Å². The molecule has 4 aromatic carbocycles. The molecule has 0 aliphatic heterocycles. The van der Waals surface area contributed by atoms with Crippen LogP contribution in [0.5, 0.6) is 0 Å². The Labute approximate surface area is 189 Å². The van der Waals surface area contributed by atoms with Gasteiger partial charge in [0, 0.05) is 5.56 Å². The van der Waals surface area contributed by atoms with E-state index in [1.807, 2.05) is 0 Å². The van der Waals surface area contributed by atoms with Gasteiger partial charge in [-0.3, -0.25) is 4.79 Å². The number of sulfone groups is 1. The standard InChI is InChI=1S/C25H18F2N2O3S/c26-19-6-1-16(2-7-19)18-5-14-23(28)24(15-18)29-25(30)17-3-10-21(11-4-17)33(31,32)22-12-8-20(27)9-13-22/h1-15H,28H2,(H,29,30). The second kappa shape index (κ2) is 8.84. The number of amides is 1. The van der Waals surface area contributed by atoms with Crippen LogP contribution in [0.3, 0.4) is 0 Å². The van der Waals surface area contributed by atoms with Crippen LogP contribution in [0.1, 0.15) is 10.4 Å². The topological polar surface area (TPSA) is 89.3 Å². The minimum Gasteiger partial charge on any atom is -0.397 e. The Kier molecular flexibility index (Phi) is 5.93. The quantitative estimate of drug-likeness (QED) is 0.310. The Morgan fingerprint density at radius 2 is 1.18 bits per heavy atom. The van der Waals surface area contributed by atoms with Gasteiger partial charge in [-0.15, -0.1) is 0 Å². The average Bonchev–Trinajstić information content (AvgIpc) is 2.81. The number of anilines is 2. The number of hydrogen-bond acceptors (Lipinski definition) is 4. The summed E-state index contributed by atoms with van der Waals surface area (Å²) in [7, 11) is -3.85. The van der Waals surface area contributed by atoms with Crippen LogP contribution in [0.2, 0.25) is 0 Å². The number of carbonyl (C=O) groups excluding carboxylic acids is 1. The smallest absolute Gasteiger partial charge is 0.255 e. The third-order valence-corrected chi connectivity index (χ3v) is 6.82. The second-order valence-electron chi connectivity index (χ2n) is 7.24. The van der Waals surface area contributed by atoms with Crippen molar-refractivity contribution in [1.29, 1.82) is 0 Å². The first-order chi connectivity index (χ1) is 15.7. The van der Waals surface area contributed by atoms with E-state index in [2.05, 4.69) is 5.32 Å². The molecule has 1 amide bonds. The highest BCUT2D eigenvalue weighted by Gasteiger charge is 2.18. The van der Waals surface area contributed by atoms with Crippen molar-refractivity contribution in [2.24, 2.45) is 0 Å². The van der Waals surface area contributed by atoms with Gasteiger partial charge in [0.2, 0.25) is 9.84 Å². The third kappa shape index (κ3) is 4.75. The molecule has 0 bridgehead atoms. The highest BCUT2D eigenvalue weighted by molar-refractivity contribution is 7.91. The summed E-state index contributed by atoms with van der Waals surface area (Å²) in [5.41, 5.74) is 8.41. The lowest BCUT2D eigenvalue weighted by Gasteiger charge is -2.11. The van der Waals surface area contributed by atoms with E-state index in [9.17, 15) is 22.0 Å². The van der Waals surface area contributed by atoms with E-state index in [-0.39, 0.29) is 21.2 Å². The molecule has 0 radical (unpaired) electrons. The van der Waals surface area contributed by atoms with Crippen molar-refractivity contribution in [3.63, 3.8) is 0 Å². The summed E-state index contributed by atoms with van der Waals surface area (Å²) < 4.78 is 51.7. The summed E-state index contributed by atoms with van der Waals surface area (Å²) in [4.78, 5) is 12.6. The van der Waals surface area contributed by atoms with Crippen molar-refractivity contribution in [3.05, 3.63) is 108 Å². The molecular weight excluding hydrogens is 446 g/mol. The predicted octanol–water partition coefficient (Wildman–Crippen LogP) is 5.30. The van der Waals surface area contributed by atoms with Gasteiger partial charge in [0.25, 0.3) is 5.91 Å². The number of benzene rings is 4. The predicted molar refractivity (Wildman–Crippen MR) is 122 cm³/mol. The molecule has 0 saturated carbocycles. The summed E-state index contributed by atoms with van der Waals surface area (Å²) in [5, 5.41) is 2.72. The number of carbonyl (C=O) groups is 1. The first-order valence-corrected chi connectivity index (χ1v) is 11.3. The lowest BCUT2D eigenvalue weighted by atomic mass is 10.0. The number of nitrogen functional groups attached to an aromatic ring is 1. The van der Waals surface area contributed by atoms with E-state index in [1.54, 1.807) is 30.3 Å². The van der Waals surface area contributed by atoms with E-state index in [4.69, 9.17) is 5.73 Å². The van der Waals surface area contributed by atoms with Crippen LogP contribution in [-0.4, -0.2) is 14.3 Å². The zero-order valence-corrected chi connectivity index (χ0v) is 17.9. The van der Waals surface area contributed by atoms with Crippen LogP contribution in [0.15, 0.2) is 101 Å². The number of hydrogen-bond donors (Lipinski definition) is 2. The summed E-state index contributed by atoms with van der Waals surface area (Å²) in [6.07, 6.45) is 0. The molecule has 0 spiro atoms. The van der Waals surface area contributed by atoms with Crippen LogP contribution in [-0.2, 0) is 9.84 Å². The summed E-state index contributed by atoms with van der Waals surface area (Å²) in [5.74, 6) is -1.37. The molecule has 4 aromatic rings. The summed E-state index contributed by atoms with van der Waals surface area (Å²) in [6, 6.07) is 20.9. The number of nitrogens with two attached hydrogens (primary N) is 1. The normalized spacial score (nSPS) is 11.2. The van der Waals surface area contributed by atoms with Crippen molar-refractivity contribution in [2.75, 3.05) is 11.1 Å². The van der Waals surface area contributed by atoms with E-state index >= 15 is 0 Å². The Balaban J connectivity index is 1.55. The van der Waals surface area contributed by atoms with Gasteiger partial charge < -0.3 is 11.1 Å². The zero-order valence-electron chi connectivity index (χ0n) is 17.1. The van der Waals surface area contributed by atoms with Gasteiger partial charge in [0.15, 0.2) is 0 Å². The highest BCUT2D eigenvalue weighted by Crippen LogP contribution is 2.28. The number of rotatable bonds is 5. The van der Waals surface area contributed by atoms with E-state index < -0.39 is 21.6 Å². The Morgan fingerprint density at radius 3 is 1.76 bits per heavy atom. The lowest BCUT2D eigenvalue weighted by molar-refractivity contribution is 0.102. The molecule has 0 saturated heterocycles. The second-order valence-corrected chi connectivity index (χ2v) is 9.19. The molecule has 0 aromatic heterocycles. The molecule has 5 nitrogen and oxygen atoms in total. The third-order valence-electron chi connectivity index (χ3n) is 5.03. The molecule has 0 aliphatic carbocycles. The molecule has 0 atom stereocenters. The van der Waals surface area contributed by atoms with Crippen molar-refractivity contribution < 1.29 is 22.0 Å². The van der Waals surface area contributed by atoms with Gasteiger partial charge in [-0.25, -0.2) is 17.2 Å². The molecule has 166 valence electrons. The lowest BCUT2D eigenvalue weighted by Crippen LogP contribution is -2.13. The number of halogens is 2. The fraction of sp³-hybridized carbons (Fsp3) is 0. The van der Waals surface area contributed by atoms with Crippen LogP contribution < -0.4 is 11.1 Å². The minimum absolute atomic E-state index is 0.0246. The minimum atomic E-state index is -3.85. The van der Waals surface area contributed by atoms with Gasteiger partial charge in [0.05, 0.1) is 21.2 Å². The Hall–Kier alpha value is -4.04. The largest absolute Gasteiger partial charge is 0.397 e. The van der Waals surface area contributed by atoms with Gasteiger partial charge in [-0.1, -0.05) is 18.2 Å². The maximum Gasteiger partial charge on any atom is 0.255 e. The van der Waals surface area contributed by atoms with Crippen LogP contribution >= 0.6 is 0 Å². The molecule has 33 heavy (non-hydrogen) atoms. The molecule has 0 heterocycles.